The minimum atomic E-state index is -0.220. The number of hydrogen-bond acceptors (Lipinski definition) is 3. The van der Waals surface area contributed by atoms with Gasteiger partial charge < -0.3 is 4.74 Å². The maximum atomic E-state index is 11.6. The first-order valence-corrected chi connectivity index (χ1v) is 6.35. The van der Waals surface area contributed by atoms with Gasteiger partial charge in [-0.3, -0.25) is 9.59 Å². The van der Waals surface area contributed by atoms with Gasteiger partial charge in [0.2, 0.25) is 0 Å². The molecule has 0 saturated heterocycles. The number of esters is 1. The Morgan fingerprint density at radius 3 is 2.28 bits per heavy atom. The molecule has 1 rings (SSSR count). The Morgan fingerprint density at radius 1 is 1.17 bits per heavy atom. The summed E-state index contributed by atoms with van der Waals surface area (Å²) in [5.41, 5.74) is 1.91. The van der Waals surface area contributed by atoms with Gasteiger partial charge in [-0.05, 0) is 18.1 Å². The van der Waals surface area contributed by atoms with E-state index in [2.05, 4.69) is 0 Å². The zero-order valence-corrected chi connectivity index (χ0v) is 11.2. The van der Waals surface area contributed by atoms with Crippen LogP contribution in [-0.2, 0) is 20.7 Å². The molecule has 1 aromatic rings. The topological polar surface area (TPSA) is 43.4 Å². The average molecular weight is 248 g/mol. The summed E-state index contributed by atoms with van der Waals surface area (Å²) in [6, 6.07) is 7.58. The third kappa shape index (κ3) is 3.99. The van der Waals surface area contributed by atoms with Gasteiger partial charge in [0.15, 0.2) is 0 Å². The SMILES string of the molecule is CCOC(=O)Cc1ccc(C(C)C(=O)CC)cc1. The Hall–Kier alpha value is -1.64. The van der Waals surface area contributed by atoms with Crippen LogP contribution in [0.4, 0.5) is 0 Å². The second-order valence-corrected chi connectivity index (χ2v) is 4.26. The second kappa shape index (κ2) is 6.94. The Bertz CT molecular complexity index is 406. The van der Waals surface area contributed by atoms with Crippen LogP contribution in [0.25, 0.3) is 0 Å². The van der Waals surface area contributed by atoms with Crippen molar-refractivity contribution >= 4 is 11.8 Å². The van der Waals surface area contributed by atoms with Crippen LogP contribution in [0.15, 0.2) is 24.3 Å². The van der Waals surface area contributed by atoms with Gasteiger partial charge in [-0.15, -0.1) is 0 Å². The van der Waals surface area contributed by atoms with Crippen LogP contribution in [0.2, 0.25) is 0 Å². The number of benzene rings is 1. The zero-order chi connectivity index (χ0) is 13.5. The van der Waals surface area contributed by atoms with Crippen molar-refractivity contribution in [3.8, 4) is 0 Å². The summed E-state index contributed by atoms with van der Waals surface area (Å²) in [5, 5.41) is 0. The number of hydrogen-bond donors (Lipinski definition) is 0. The Kier molecular flexibility index (Phi) is 5.56. The van der Waals surface area contributed by atoms with E-state index in [1.165, 1.54) is 0 Å². The molecule has 3 nitrogen and oxygen atoms in total. The quantitative estimate of drug-likeness (QED) is 0.727. The summed E-state index contributed by atoms with van der Waals surface area (Å²) in [7, 11) is 0. The molecule has 0 saturated carbocycles. The fraction of sp³-hybridized carbons (Fsp3) is 0.467. The van der Waals surface area contributed by atoms with E-state index in [1.807, 2.05) is 38.1 Å². The molecule has 0 radical (unpaired) electrons. The van der Waals surface area contributed by atoms with E-state index >= 15 is 0 Å². The van der Waals surface area contributed by atoms with Crippen molar-refractivity contribution < 1.29 is 14.3 Å². The summed E-state index contributed by atoms with van der Waals surface area (Å²) in [5.74, 6) is -0.0669. The van der Waals surface area contributed by atoms with Gasteiger partial charge in [0.25, 0.3) is 0 Å². The van der Waals surface area contributed by atoms with Gasteiger partial charge in [-0.2, -0.15) is 0 Å². The fourth-order valence-corrected chi connectivity index (χ4v) is 1.79. The van der Waals surface area contributed by atoms with E-state index in [-0.39, 0.29) is 24.1 Å². The molecule has 0 N–H and O–H groups in total. The maximum Gasteiger partial charge on any atom is 0.310 e. The van der Waals surface area contributed by atoms with Crippen LogP contribution in [0, 0.1) is 0 Å². The molecule has 0 amide bonds. The highest BCUT2D eigenvalue weighted by Crippen LogP contribution is 2.18. The molecule has 1 atom stereocenters. The van der Waals surface area contributed by atoms with E-state index in [4.69, 9.17) is 4.74 Å². The molecule has 1 unspecified atom stereocenters. The standard InChI is InChI=1S/C15H20O3/c1-4-14(16)11(3)13-8-6-12(7-9-13)10-15(17)18-5-2/h6-9,11H,4-5,10H2,1-3H3. The van der Waals surface area contributed by atoms with Crippen molar-refractivity contribution in [3.63, 3.8) is 0 Å². The van der Waals surface area contributed by atoms with Crippen LogP contribution in [-0.4, -0.2) is 18.4 Å². The molecule has 3 heteroatoms. The lowest BCUT2D eigenvalue weighted by Gasteiger charge is -2.10. The molecule has 0 bridgehead atoms. The summed E-state index contributed by atoms with van der Waals surface area (Å²) < 4.78 is 4.89. The van der Waals surface area contributed by atoms with Gasteiger partial charge in [-0.25, -0.2) is 0 Å². The lowest BCUT2D eigenvalue weighted by atomic mass is 9.94. The highest BCUT2D eigenvalue weighted by atomic mass is 16.5. The van der Waals surface area contributed by atoms with Gasteiger partial charge in [0, 0.05) is 12.3 Å². The highest BCUT2D eigenvalue weighted by Gasteiger charge is 2.13. The minimum Gasteiger partial charge on any atom is -0.466 e. The van der Waals surface area contributed by atoms with Crippen molar-refractivity contribution in [1.29, 1.82) is 0 Å². The molecule has 0 aromatic heterocycles. The van der Waals surface area contributed by atoms with Crippen LogP contribution in [0.3, 0.4) is 0 Å². The number of carbonyl (C=O) groups excluding carboxylic acids is 2. The number of rotatable bonds is 6. The Balaban J connectivity index is 2.68. The van der Waals surface area contributed by atoms with Crippen molar-refractivity contribution in [2.24, 2.45) is 0 Å². The number of Topliss-reactive ketones (excluding diaryl/α,β-unsaturated/α-hetero) is 1. The van der Waals surface area contributed by atoms with Crippen molar-refractivity contribution in [2.45, 2.75) is 39.5 Å². The van der Waals surface area contributed by atoms with Crippen molar-refractivity contribution in [2.75, 3.05) is 6.61 Å². The van der Waals surface area contributed by atoms with Gasteiger partial charge in [0.1, 0.15) is 5.78 Å². The number of carbonyl (C=O) groups is 2. The largest absolute Gasteiger partial charge is 0.466 e. The lowest BCUT2D eigenvalue weighted by molar-refractivity contribution is -0.142. The third-order valence-corrected chi connectivity index (χ3v) is 2.96. The van der Waals surface area contributed by atoms with E-state index in [1.54, 1.807) is 6.92 Å². The summed E-state index contributed by atoms with van der Waals surface area (Å²) in [4.78, 5) is 22.9. The van der Waals surface area contributed by atoms with Gasteiger partial charge in [-0.1, -0.05) is 38.1 Å². The van der Waals surface area contributed by atoms with Crippen molar-refractivity contribution in [3.05, 3.63) is 35.4 Å². The predicted octanol–water partition coefficient (Wildman–Crippen LogP) is 2.87. The van der Waals surface area contributed by atoms with Crippen molar-refractivity contribution in [1.82, 2.24) is 0 Å². The lowest BCUT2D eigenvalue weighted by Crippen LogP contribution is -2.09. The first-order valence-electron chi connectivity index (χ1n) is 6.35. The molecule has 0 heterocycles. The Labute approximate surface area is 108 Å². The smallest absolute Gasteiger partial charge is 0.310 e. The van der Waals surface area contributed by atoms with E-state index in [0.717, 1.165) is 11.1 Å². The molecule has 0 aliphatic carbocycles. The fourth-order valence-electron chi connectivity index (χ4n) is 1.79. The van der Waals surface area contributed by atoms with Crippen LogP contribution in [0.1, 0.15) is 44.2 Å². The molecule has 98 valence electrons. The van der Waals surface area contributed by atoms with E-state index < -0.39 is 0 Å². The number of ether oxygens (including phenoxy) is 1. The minimum absolute atomic E-state index is 0.0772. The molecule has 1 aromatic carbocycles. The van der Waals surface area contributed by atoms with Crippen LogP contribution >= 0.6 is 0 Å². The molecule has 18 heavy (non-hydrogen) atoms. The van der Waals surface area contributed by atoms with E-state index in [9.17, 15) is 9.59 Å². The first kappa shape index (κ1) is 14.4. The molecular formula is C15H20O3. The highest BCUT2D eigenvalue weighted by molar-refractivity contribution is 5.85. The maximum absolute atomic E-state index is 11.6. The van der Waals surface area contributed by atoms with Gasteiger partial charge >= 0.3 is 5.97 Å². The molecule has 0 aliphatic rings. The normalized spacial score (nSPS) is 11.9. The monoisotopic (exact) mass is 248 g/mol. The van der Waals surface area contributed by atoms with Crippen LogP contribution < -0.4 is 0 Å². The molecule has 0 aliphatic heterocycles. The Morgan fingerprint density at radius 2 is 1.78 bits per heavy atom. The van der Waals surface area contributed by atoms with Gasteiger partial charge in [0.05, 0.1) is 13.0 Å². The summed E-state index contributed by atoms with van der Waals surface area (Å²) in [6.45, 7) is 5.97. The van der Waals surface area contributed by atoms with Crippen LogP contribution in [0.5, 0.6) is 0 Å². The third-order valence-electron chi connectivity index (χ3n) is 2.96. The molecule has 0 spiro atoms. The first-order chi connectivity index (χ1) is 8.58. The second-order valence-electron chi connectivity index (χ2n) is 4.26. The average Bonchev–Trinajstić information content (AvgIpc) is 2.38. The summed E-state index contributed by atoms with van der Waals surface area (Å²) >= 11 is 0. The predicted molar refractivity (Wildman–Crippen MR) is 70.5 cm³/mol. The zero-order valence-electron chi connectivity index (χ0n) is 11.2. The van der Waals surface area contributed by atoms with E-state index in [0.29, 0.717) is 13.0 Å². The summed E-state index contributed by atoms with van der Waals surface area (Å²) in [6.07, 6.45) is 0.829. The molecular weight excluding hydrogens is 228 g/mol. The number of ketones is 1. The molecule has 0 fully saturated rings.